The zero-order chi connectivity index (χ0) is 21.7. The molecule has 3 aromatic heterocycles. The second-order valence-electron chi connectivity index (χ2n) is 6.71. The maximum Gasteiger partial charge on any atom is 0.290 e. The molecule has 3 aromatic rings. The van der Waals surface area contributed by atoms with E-state index in [-0.39, 0.29) is 29.3 Å². The highest BCUT2D eigenvalue weighted by atomic mass is 16.3. The zero-order valence-corrected chi connectivity index (χ0v) is 16.5. The SMILES string of the molecule is Cc1nc2nc(NC(=O)c3ccc(=O)n(C)c3)[nH]n2c(=O)c1CC(C)C.O=CO. The maximum absolute atomic E-state index is 12.6. The number of rotatable bonds is 4. The Morgan fingerprint density at radius 1 is 1.31 bits per heavy atom. The molecule has 0 aliphatic carbocycles. The van der Waals surface area contributed by atoms with Crippen molar-refractivity contribution in [3.05, 3.63) is 55.9 Å². The zero-order valence-electron chi connectivity index (χ0n) is 16.5. The van der Waals surface area contributed by atoms with Crippen LogP contribution in [0.5, 0.6) is 0 Å². The summed E-state index contributed by atoms with van der Waals surface area (Å²) in [5, 5.41) is 12.2. The summed E-state index contributed by atoms with van der Waals surface area (Å²) in [6, 6.07) is 2.73. The molecule has 3 rings (SSSR count). The smallest absolute Gasteiger partial charge is 0.290 e. The lowest BCUT2D eigenvalue weighted by Crippen LogP contribution is -2.23. The molecule has 29 heavy (non-hydrogen) atoms. The summed E-state index contributed by atoms with van der Waals surface area (Å²) in [6.07, 6.45) is 2.04. The quantitative estimate of drug-likeness (QED) is 0.540. The third-order valence-electron chi connectivity index (χ3n) is 3.99. The predicted molar refractivity (Wildman–Crippen MR) is 105 cm³/mol. The van der Waals surface area contributed by atoms with Gasteiger partial charge in [0, 0.05) is 24.9 Å². The number of pyridine rings is 1. The second kappa shape index (κ2) is 8.95. The standard InChI is InChI=1S/C17H20N6O3.CH2O2/c1-9(2)7-12-10(3)18-17-20-16(21-23(17)15(12)26)19-14(25)11-5-6-13(24)22(4)8-11;2-1-3/h5-6,8-9H,7H2,1-4H3,(H2,18,19,20,21,25);1H,(H,2,3). The highest BCUT2D eigenvalue weighted by molar-refractivity contribution is 6.03. The highest BCUT2D eigenvalue weighted by Crippen LogP contribution is 2.10. The molecule has 1 amide bonds. The lowest BCUT2D eigenvalue weighted by atomic mass is 10.0. The largest absolute Gasteiger partial charge is 0.483 e. The Kier molecular flexibility index (Phi) is 6.65. The Labute approximate surface area is 165 Å². The normalized spacial score (nSPS) is 10.5. The van der Waals surface area contributed by atoms with Crippen molar-refractivity contribution in [2.24, 2.45) is 13.0 Å². The molecule has 3 N–H and O–H groups in total. The molecule has 0 saturated heterocycles. The topological polar surface area (TPSA) is 151 Å². The molecule has 0 bridgehead atoms. The molecule has 0 fully saturated rings. The van der Waals surface area contributed by atoms with Crippen molar-refractivity contribution in [1.82, 2.24) is 24.1 Å². The first kappa shape index (κ1) is 21.5. The number of carboxylic acid groups (broad SMARTS) is 1. The van der Waals surface area contributed by atoms with Gasteiger partial charge < -0.3 is 9.67 Å². The van der Waals surface area contributed by atoms with Gasteiger partial charge in [-0.15, -0.1) is 0 Å². The van der Waals surface area contributed by atoms with Crippen LogP contribution in [0.25, 0.3) is 5.78 Å². The molecule has 0 aliphatic rings. The average Bonchev–Trinajstić information content (AvgIpc) is 3.03. The van der Waals surface area contributed by atoms with Crippen LogP contribution < -0.4 is 16.4 Å². The minimum Gasteiger partial charge on any atom is -0.483 e. The summed E-state index contributed by atoms with van der Waals surface area (Å²) >= 11 is 0. The molecule has 0 aromatic carbocycles. The number of aryl methyl sites for hydroxylation is 2. The summed E-state index contributed by atoms with van der Waals surface area (Å²) in [6.45, 7) is 5.58. The van der Waals surface area contributed by atoms with Gasteiger partial charge in [0.05, 0.1) is 11.3 Å². The lowest BCUT2D eigenvalue weighted by Gasteiger charge is -2.06. The lowest BCUT2D eigenvalue weighted by molar-refractivity contribution is -0.122. The first-order chi connectivity index (χ1) is 13.7. The predicted octanol–water partition coefficient (Wildman–Crippen LogP) is 0.576. The number of anilines is 1. The third kappa shape index (κ3) is 4.94. The van der Waals surface area contributed by atoms with Crippen LogP contribution in [0.4, 0.5) is 5.95 Å². The van der Waals surface area contributed by atoms with E-state index in [2.05, 4.69) is 20.4 Å². The molecule has 3 heterocycles. The van der Waals surface area contributed by atoms with Crippen LogP contribution in [0.1, 0.15) is 35.5 Å². The van der Waals surface area contributed by atoms with Crippen LogP contribution in [0.15, 0.2) is 27.9 Å². The second-order valence-corrected chi connectivity index (χ2v) is 6.71. The molecule has 154 valence electrons. The van der Waals surface area contributed by atoms with Crippen molar-refractivity contribution in [2.45, 2.75) is 27.2 Å². The number of hydrogen-bond donors (Lipinski definition) is 3. The average molecular weight is 402 g/mol. The number of aromatic nitrogens is 5. The van der Waals surface area contributed by atoms with Gasteiger partial charge in [0.1, 0.15) is 0 Å². The molecule has 0 saturated carbocycles. The number of H-pyrrole nitrogens is 1. The highest BCUT2D eigenvalue weighted by Gasteiger charge is 2.16. The third-order valence-corrected chi connectivity index (χ3v) is 3.99. The Bertz CT molecular complexity index is 1160. The van der Waals surface area contributed by atoms with E-state index in [0.29, 0.717) is 29.2 Å². The summed E-state index contributed by atoms with van der Waals surface area (Å²) in [7, 11) is 1.56. The van der Waals surface area contributed by atoms with Crippen molar-refractivity contribution in [2.75, 3.05) is 5.32 Å². The minimum atomic E-state index is -0.452. The summed E-state index contributed by atoms with van der Waals surface area (Å²) in [4.78, 5) is 53.2. The molecule has 11 nitrogen and oxygen atoms in total. The molecule has 0 unspecified atom stereocenters. The molecule has 0 spiro atoms. The van der Waals surface area contributed by atoms with Crippen molar-refractivity contribution in [3.8, 4) is 0 Å². The number of aromatic amines is 1. The first-order valence-electron chi connectivity index (χ1n) is 8.72. The Morgan fingerprint density at radius 2 is 1.97 bits per heavy atom. The molecular weight excluding hydrogens is 380 g/mol. The molecule has 11 heteroatoms. The monoisotopic (exact) mass is 402 g/mol. The van der Waals surface area contributed by atoms with Crippen LogP contribution in [0.3, 0.4) is 0 Å². The van der Waals surface area contributed by atoms with Crippen LogP contribution in [-0.2, 0) is 18.3 Å². The van der Waals surface area contributed by atoms with Crippen LogP contribution >= 0.6 is 0 Å². The van der Waals surface area contributed by atoms with Crippen LogP contribution in [0, 0.1) is 12.8 Å². The van der Waals surface area contributed by atoms with E-state index >= 15 is 0 Å². The van der Waals surface area contributed by atoms with E-state index in [4.69, 9.17) is 9.90 Å². The number of hydrogen-bond acceptors (Lipinski definition) is 6. The van der Waals surface area contributed by atoms with Gasteiger partial charge >= 0.3 is 0 Å². The molecule has 0 radical (unpaired) electrons. The van der Waals surface area contributed by atoms with Crippen molar-refractivity contribution >= 4 is 24.1 Å². The molecule has 0 atom stereocenters. The fourth-order valence-corrected chi connectivity index (χ4v) is 2.66. The number of carbonyl (C=O) groups excluding carboxylic acids is 1. The van der Waals surface area contributed by atoms with Gasteiger partial charge in [-0.05, 0) is 25.3 Å². The maximum atomic E-state index is 12.6. The van der Waals surface area contributed by atoms with E-state index in [0.717, 1.165) is 0 Å². The number of carbonyl (C=O) groups is 2. The van der Waals surface area contributed by atoms with E-state index < -0.39 is 5.91 Å². The van der Waals surface area contributed by atoms with Crippen molar-refractivity contribution < 1.29 is 14.7 Å². The summed E-state index contributed by atoms with van der Waals surface area (Å²) < 4.78 is 2.53. The van der Waals surface area contributed by atoms with Crippen LogP contribution in [-0.4, -0.2) is 41.6 Å². The van der Waals surface area contributed by atoms with E-state index in [1.54, 1.807) is 14.0 Å². The van der Waals surface area contributed by atoms with Gasteiger partial charge in [0.25, 0.3) is 23.7 Å². The van der Waals surface area contributed by atoms with Crippen LogP contribution in [0.2, 0.25) is 0 Å². The summed E-state index contributed by atoms with van der Waals surface area (Å²) in [5.41, 5.74) is 1.11. The van der Waals surface area contributed by atoms with Gasteiger partial charge in [-0.1, -0.05) is 13.8 Å². The van der Waals surface area contributed by atoms with Crippen molar-refractivity contribution in [3.63, 3.8) is 0 Å². The first-order valence-corrected chi connectivity index (χ1v) is 8.72. The van der Waals surface area contributed by atoms with E-state index in [1.165, 1.54) is 27.4 Å². The summed E-state index contributed by atoms with van der Waals surface area (Å²) in [5.74, 6) is 0.158. The van der Waals surface area contributed by atoms with E-state index in [9.17, 15) is 14.4 Å². The van der Waals surface area contributed by atoms with Gasteiger partial charge in [-0.2, -0.15) is 9.50 Å². The number of fused-ring (bicyclic) bond motifs is 1. The minimum absolute atomic E-state index is 0.106. The van der Waals surface area contributed by atoms with Gasteiger partial charge in [-0.25, -0.2) is 4.98 Å². The Morgan fingerprint density at radius 3 is 2.55 bits per heavy atom. The fourth-order valence-electron chi connectivity index (χ4n) is 2.66. The molecule has 0 aliphatic heterocycles. The van der Waals surface area contributed by atoms with Gasteiger partial charge in [-0.3, -0.25) is 29.6 Å². The van der Waals surface area contributed by atoms with E-state index in [1.807, 2.05) is 13.8 Å². The van der Waals surface area contributed by atoms with Gasteiger partial charge in [0.2, 0.25) is 11.5 Å². The number of nitrogens with zero attached hydrogens (tertiary/aromatic N) is 4. The van der Waals surface area contributed by atoms with Crippen molar-refractivity contribution in [1.29, 1.82) is 0 Å². The number of nitrogens with one attached hydrogen (secondary N) is 2. The van der Waals surface area contributed by atoms with Gasteiger partial charge in [0.15, 0.2) is 0 Å². The molecular formula is C18H22N6O5. The Hall–Kier alpha value is -3.76. The fraction of sp³-hybridized carbons (Fsp3) is 0.333. The number of amides is 1. The Balaban J connectivity index is 0.000000941.